The minimum atomic E-state index is -0.0757. The second kappa shape index (κ2) is 8.85. The van der Waals surface area contributed by atoms with Gasteiger partial charge in [-0.2, -0.15) is 0 Å². The van der Waals surface area contributed by atoms with Gasteiger partial charge in [0, 0.05) is 12.6 Å². The lowest BCUT2D eigenvalue weighted by atomic mass is 9.95. The number of hydrogen-bond donors (Lipinski definition) is 2. The van der Waals surface area contributed by atoms with E-state index in [1.54, 1.807) is 0 Å². The highest BCUT2D eigenvalue weighted by atomic mass is 16.2. The maximum Gasteiger partial charge on any atom is 0.272 e. The van der Waals surface area contributed by atoms with Crippen LogP contribution in [0.3, 0.4) is 0 Å². The normalized spacial score (nSPS) is 15.7. The first-order valence-corrected chi connectivity index (χ1v) is 9.04. The first-order valence-electron chi connectivity index (χ1n) is 9.04. The first kappa shape index (κ1) is 17.7. The van der Waals surface area contributed by atoms with E-state index in [1.165, 1.54) is 19.3 Å². The molecule has 0 bridgehead atoms. The number of nitrogens with zero attached hydrogens (tertiary/aromatic N) is 2. The monoisotopic (exact) mass is 318 g/mol. The molecule has 0 aromatic carbocycles. The Morgan fingerprint density at radius 1 is 1.26 bits per heavy atom. The molecule has 23 heavy (non-hydrogen) atoms. The zero-order chi connectivity index (χ0) is 16.7. The van der Waals surface area contributed by atoms with E-state index in [9.17, 15) is 4.79 Å². The third-order valence-electron chi connectivity index (χ3n) is 4.44. The van der Waals surface area contributed by atoms with Gasteiger partial charge in [0.2, 0.25) is 0 Å². The van der Waals surface area contributed by atoms with Gasteiger partial charge in [-0.05, 0) is 36.8 Å². The molecule has 0 unspecified atom stereocenters. The third kappa shape index (κ3) is 5.19. The van der Waals surface area contributed by atoms with E-state index in [2.05, 4.69) is 41.6 Å². The van der Waals surface area contributed by atoms with E-state index in [0.29, 0.717) is 11.7 Å². The molecule has 5 nitrogen and oxygen atoms in total. The second-order valence-corrected chi connectivity index (χ2v) is 6.78. The molecule has 5 heteroatoms. The number of hydrogen-bond acceptors (Lipinski definition) is 4. The van der Waals surface area contributed by atoms with E-state index in [-0.39, 0.29) is 11.8 Å². The van der Waals surface area contributed by atoms with Crippen molar-refractivity contribution in [2.24, 2.45) is 0 Å². The minimum absolute atomic E-state index is 0.0757. The molecule has 1 aliphatic rings. The molecule has 2 rings (SSSR count). The molecule has 0 saturated heterocycles. The van der Waals surface area contributed by atoms with Crippen molar-refractivity contribution in [1.82, 2.24) is 15.5 Å². The Balaban J connectivity index is 2.08. The predicted molar refractivity (Wildman–Crippen MR) is 93.9 cm³/mol. The van der Waals surface area contributed by atoms with Crippen molar-refractivity contribution in [2.75, 3.05) is 11.9 Å². The molecule has 0 spiro atoms. The standard InChI is InChI=1S/C18H30N4O/c1-4-5-11-19-16-12-15(13(2)3)17(22-21-16)18(23)20-14-9-7-6-8-10-14/h12-14H,4-11H2,1-3H3,(H,19,21)(H,20,23). The highest BCUT2D eigenvalue weighted by Crippen LogP contribution is 2.22. The first-order chi connectivity index (χ1) is 11.1. The topological polar surface area (TPSA) is 66.9 Å². The summed E-state index contributed by atoms with van der Waals surface area (Å²) >= 11 is 0. The number of aromatic nitrogens is 2. The maximum absolute atomic E-state index is 12.6. The van der Waals surface area contributed by atoms with Crippen LogP contribution < -0.4 is 10.6 Å². The molecule has 1 fully saturated rings. The Hall–Kier alpha value is -1.65. The van der Waals surface area contributed by atoms with Gasteiger partial charge in [-0.1, -0.05) is 46.5 Å². The summed E-state index contributed by atoms with van der Waals surface area (Å²) in [4.78, 5) is 12.6. The van der Waals surface area contributed by atoms with Crippen LogP contribution >= 0.6 is 0 Å². The summed E-state index contributed by atoms with van der Waals surface area (Å²) in [5.41, 5.74) is 1.44. The molecule has 1 saturated carbocycles. The van der Waals surface area contributed by atoms with Crippen LogP contribution in [-0.2, 0) is 0 Å². The van der Waals surface area contributed by atoms with Gasteiger partial charge in [-0.25, -0.2) is 0 Å². The fraction of sp³-hybridized carbons (Fsp3) is 0.722. The molecule has 1 amide bonds. The van der Waals surface area contributed by atoms with Crippen molar-refractivity contribution in [1.29, 1.82) is 0 Å². The highest BCUT2D eigenvalue weighted by molar-refractivity contribution is 5.94. The molecule has 1 aliphatic carbocycles. The molecule has 128 valence electrons. The third-order valence-corrected chi connectivity index (χ3v) is 4.44. The Bertz CT molecular complexity index is 510. The van der Waals surface area contributed by atoms with Gasteiger partial charge >= 0.3 is 0 Å². The van der Waals surface area contributed by atoms with E-state index in [1.807, 2.05) is 6.07 Å². The Labute approximate surface area is 139 Å². The number of nitrogens with one attached hydrogen (secondary N) is 2. The molecule has 0 radical (unpaired) electrons. The fourth-order valence-corrected chi connectivity index (χ4v) is 3.00. The number of amides is 1. The van der Waals surface area contributed by atoms with Gasteiger partial charge in [0.25, 0.3) is 5.91 Å². The molecule has 1 aromatic heterocycles. The van der Waals surface area contributed by atoms with Crippen LogP contribution in [0.15, 0.2) is 6.07 Å². The lowest BCUT2D eigenvalue weighted by molar-refractivity contribution is 0.0920. The highest BCUT2D eigenvalue weighted by Gasteiger charge is 2.21. The fourth-order valence-electron chi connectivity index (χ4n) is 3.00. The summed E-state index contributed by atoms with van der Waals surface area (Å²) in [5, 5.41) is 14.8. The molecular weight excluding hydrogens is 288 g/mol. The zero-order valence-electron chi connectivity index (χ0n) is 14.7. The number of anilines is 1. The molecule has 1 aromatic rings. The molecule has 1 heterocycles. The van der Waals surface area contributed by atoms with Gasteiger partial charge in [0.05, 0.1) is 0 Å². The Morgan fingerprint density at radius 3 is 2.65 bits per heavy atom. The SMILES string of the molecule is CCCCNc1cc(C(C)C)c(C(=O)NC2CCCCC2)nn1. The minimum Gasteiger partial charge on any atom is -0.369 e. The Morgan fingerprint density at radius 2 is 2.00 bits per heavy atom. The second-order valence-electron chi connectivity index (χ2n) is 6.78. The van der Waals surface area contributed by atoms with E-state index < -0.39 is 0 Å². The van der Waals surface area contributed by atoms with Gasteiger partial charge in [0.1, 0.15) is 5.82 Å². The summed E-state index contributed by atoms with van der Waals surface area (Å²) in [5.74, 6) is 0.925. The van der Waals surface area contributed by atoms with Gasteiger partial charge < -0.3 is 10.6 Å². The van der Waals surface area contributed by atoms with E-state index >= 15 is 0 Å². The van der Waals surface area contributed by atoms with Crippen molar-refractivity contribution >= 4 is 11.7 Å². The van der Waals surface area contributed by atoms with Crippen LogP contribution in [0, 0.1) is 0 Å². The van der Waals surface area contributed by atoms with Crippen LogP contribution in [0.25, 0.3) is 0 Å². The van der Waals surface area contributed by atoms with Gasteiger partial charge in [-0.3, -0.25) is 4.79 Å². The van der Waals surface area contributed by atoms with Gasteiger partial charge in [0.15, 0.2) is 5.69 Å². The van der Waals surface area contributed by atoms with E-state index in [4.69, 9.17) is 0 Å². The number of carbonyl (C=O) groups is 1. The van der Waals surface area contributed by atoms with Crippen molar-refractivity contribution in [3.8, 4) is 0 Å². The number of rotatable bonds is 7. The van der Waals surface area contributed by atoms with Crippen LogP contribution in [0.1, 0.15) is 87.7 Å². The van der Waals surface area contributed by atoms with Crippen LogP contribution in [0.2, 0.25) is 0 Å². The summed E-state index contributed by atoms with van der Waals surface area (Å²) in [7, 11) is 0. The van der Waals surface area contributed by atoms with Crippen LogP contribution in [-0.4, -0.2) is 28.7 Å². The summed E-state index contributed by atoms with van der Waals surface area (Å²) < 4.78 is 0. The lowest BCUT2D eigenvalue weighted by Crippen LogP contribution is -2.37. The smallest absolute Gasteiger partial charge is 0.272 e. The van der Waals surface area contributed by atoms with Gasteiger partial charge in [-0.15, -0.1) is 10.2 Å². The average Bonchev–Trinajstić information content (AvgIpc) is 2.56. The summed E-state index contributed by atoms with van der Waals surface area (Å²) in [6, 6.07) is 2.27. The number of carbonyl (C=O) groups excluding carboxylic acids is 1. The predicted octanol–water partition coefficient (Wildman–Crippen LogP) is 3.87. The quantitative estimate of drug-likeness (QED) is 0.749. The summed E-state index contributed by atoms with van der Waals surface area (Å²) in [6.45, 7) is 7.22. The van der Waals surface area contributed by atoms with Crippen molar-refractivity contribution in [3.63, 3.8) is 0 Å². The molecular formula is C18H30N4O. The summed E-state index contributed by atoms with van der Waals surface area (Å²) in [6.07, 6.45) is 8.07. The maximum atomic E-state index is 12.6. The Kier molecular flexibility index (Phi) is 6.81. The van der Waals surface area contributed by atoms with E-state index in [0.717, 1.165) is 43.6 Å². The molecule has 0 atom stereocenters. The average molecular weight is 318 g/mol. The molecule has 2 N–H and O–H groups in total. The number of unbranched alkanes of at least 4 members (excludes halogenated alkanes) is 1. The van der Waals surface area contributed by atoms with Crippen molar-refractivity contribution in [3.05, 3.63) is 17.3 Å². The largest absolute Gasteiger partial charge is 0.369 e. The lowest BCUT2D eigenvalue weighted by Gasteiger charge is -2.23. The van der Waals surface area contributed by atoms with Crippen molar-refractivity contribution < 1.29 is 4.79 Å². The van der Waals surface area contributed by atoms with Crippen molar-refractivity contribution in [2.45, 2.75) is 77.7 Å². The molecule has 0 aliphatic heterocycles. The zero-order valence-corrected chi connectivity index (χ0v) is 14.7. The van der Waals surface area contributed by atoms with Crippen LogP contribution in [0.5, 0.6) is 0 Å². The van der Waals surface area contributed by atoms with Crippen LogP contribution in [0.4, 0.5) is 5.82 Å².